The van der Waals surface area contributed by atoms with Crippen molar-refractivity contribution in [3.05, 3.63) is 54.3 Å². The molecule has 6 heteroatoms. The predicted octanol–water partition coefficient (Wildman–Crippen LogP) is 2.61. The Kier molecular flexibility index (Phi) is 8.67. The number of allylic oxidation sites excluding steroid dienone is 3. The first-order chi connectivity index (χ1) is 10.7. The molecule has 118 valence electrons. The van der Waals surface area contributed by atoms with Gasteiger partial charge in [-0.1, -0.05) is 40.2 Å². The SMILES string of the molecule is C/C=C(\C=C/CBr)OCC(=O)NCC(=O)Nc1ccccc1. The van der Waals surface area contributed by atoms with Crippen LogP contribution in [0.3, 0.4) is 0 Å². The summed E-state index contributed by atoms with van der Waals surface area (Å²) < 4.78 is 5.32. The van der Waals surface area contributed by atoms with E-state index in [1.807, 2.05) is 31.2 Å². The van der Waals surface area contributed by atoms with E-state index in [9.17, 15) is 9.59 Å². The topological polar surface area (TPSA) is 67.4 Å². The number of carbonyl (C=O) groups is 2. The summed E-state index contributed by atoms with van der Waals surface area (Å²) in [4.78, 5) is 23.3. The molecule has 0 radical (unpaired) electrons. The molecule has 0 bridgehead atoms. The molecule has 0 fully saturated rings. The normalized spacial score (nSPS) is 11.3. The van der Waals surface area contributed by atoms with E-state index in [0.29, 0.717) is 16.8 Å². The average molecular weight is 367 g/mol. The molecular formula is C16H19BrN2O3. The highest BCUT2D eigenvalue weighted by Gasteiger charge is 2.06. The number of hydrogen-bond acceptors (Lipinski definition) is 3. The van der Waals surface area contributed by atoms with Gasteiger partial charge in [0, 0.05) is 11.0 Å². The van der Waals surface area contributed by atoms with Crippen LogP contribution in [0.5, 0.6) is 0 Å². The first-order valence-electron chi connectivity index (χ1n) is 6.79. The summed E-state index contributed by atoms with van der Waals surface area (Å²) in [5, 5.41) is 5.89. The van der Waals surface area contributed by atoms with Crippen LogP contribution in [0.15, 0.2) is 54.3 Å². The first kappa shape index (κ1) is 18.0. The number of nitrogens with one attached hydrogen (secondary N) is 2. The molecule has 0 saturated heterocycles. The molecule has 0 heterocycles. The Bertz CT molecular complexity index is 542. The molecule has 0 aliphatic carbocycles. The van der Waals surface area contributed by atoms with Gasteiger partial charge < -0.3 is 15.4 Å². The quantitative estimate of drug-likeness (QED) is 0.422. The third-order valence-electron chi connectivity index (χ3n) is 2.53. The van der Waals surface area contributed by atoms with Crippen molar-refractivity contribution in [2.45, 2.75) is 6.92 Å². The first-order valence-corrected chi connectivity index (χ1v) is 7.91. The summed E-state index contributed by atoms with van der Waals surface area (Å²) in [6.45, 7) is 1.59. The molecular weight excluding hydrogens is 348 g/mol. The average Bonchev–Trinajstić information content (AvgIpc) is 2.54. The Morgan fingerprint density at radius 1 is 1.23 bits per heavy atom. The maximum absolute atomic E-state index is 11.7. The fraction of sp³-hybridized carbons (Fsp3) is 0.250. The maximum atomic E-state index is 11.7. The molecule has 0 atom stereocenters. The molecule has 0 aliphatic heterocycles. The number of benzene rings is 1. The monoisotopic (exact) mass is 366 g/mol. The van der Waals surface area contributed by atoms with Crippen molar-refractivity contribution >= 4 is 33.4 Å². The van der Waals surface area contributed by atoms with Crippen molar-refractivity contribution in [2.24, 2.45) is 0 Å². The van der Waals surface area contributed by atoms with Gasteiger partial charge in [0.15, 0.2) is 6.61 Å². The van der Waals surface area contributed by atoms with Gasteiger partial charge >= 0.3 is 0 Å². The van der Waals surface area contributed by atoms with Crippen LogP contribution < -0.4 is 10.6 Å². The second kappa shape index (κ2) is 10.6. The van der Waals surface area contributed by atoms with Crippen LogP contribution in [0.25, 0.3) is 0 Å². The molecule has 1 aromatic rings. The van der Waals surface area contributed by atoms with Crippen LogP contribution in [-0.2, 0) is 14.3 Å². The number of amides is 2. The molecule has 1 rings (SSSR count). The lowest BCUT2D eigenvalue weighted by atomic mass is 10.3. The highest BCUT2D eigenvalue weighted by atomic mass is 79.9. The minimum atomic E-state index is -0.352. The molecule has 0 aromatic heterocycles. The Labute approximate surface area is 138 Å². The lowest BCUT2D eigenvalue weighted by molar-refractivity contribution is -0.126. The van der Waals surface area contributed by atoms with Gasteiger partial charge in [0.25, 0.3) is 5.91 Å². The Hall–Kier alpha value is -2.08. The van der Waals surface area contributed by atoms with Crippen LogP contribution in [0.2, 0.25) is 0 Å². The van der Waals surface area contributed by atoms with Gasteiger partial charge in [0.1, 0.15) is 5.76 Å². The lowest BCUT2D eigenvalue weighted by Crippen LogP contribution is -2.35. The number of halogens is 1. The molecule has 2 amide bonds. The maximum Gasteiger partial charge on any atom is 0.258 e. The molecule has 0 unspecified atom stereocenters. The van der Waals surface area contributed by atoms with Gasteiger partial charge in [0.2, 0.25) is 5.91 Å². The van der Waals surface area contributed by atoms with Crippen molar-refractivity contribution in [1.29, 1.82) is 0 Å². The van der Waals surface area contributed by atoms with E-state index in [0.717, 1.165) is 0 Å². The standard InChI is InChI=1S/C16H19BrN2O3/c1-2-14(9-6-10-17)22-12-16(21)18-11-15(20)19-13-7-4-3-5-8-13/h2-9H,10-12H2,1H3,(H,18,21)(H,19,20)/b9-6-,14-2+. The summed E-state index contributed by atoms with van der Waals surface area (Å²) >= 11 is 3.26. The molecule has 22 heavy (non-hydrogen) atoms. The summed E-state index contributed by atoms with van der Waals surface area (Å²) in [6.07, 6.45) is 5.39. The summed E-state index contributed by atoms with van der Waals surface area (Å²) in [5.74, 6) is -0.0388. The lowest BCUT2D eigenvalue weighted by Gasteiger charge is -2.08. The van der Waals surface area contributed by atoms with Crippen molar-refractivity contribution in [2.75, 3.05) is 23.8 Å². The molecule has 1 aromatic carbocycles. The molecule has 0 spiro atoms. The zero-order valence-corrected chi connectivity index (χ0v) is 13.9. The minimum Gasteiger partial charge on any atom is -0.484 e. The van der Waals surface area contributed by atoms with Crippen molar-refractivity contribution in [1.82, 2.24) is 5.32 Å². The van der Waals surface area contributed by atoms with Gasteiger partial charge in [-0.15, -0.1) is 0 Å². The van der Waals surface area contributed by atoms with E-state index in [1.165, 1.54) is 0 Å². The number of carbonyl (C=O) groups excluding carboxylic acids is 2. The molecule has 0 aliphatic rings. The molecule has 2 N–H and O–H groups in total. The Balaban J connectivity index is 2.28. The van der Waals surface area contributed by atoms with Crippen LogP contribution in [0, 0.1) is 0 Å². The summed E-state index contributed by atoms with van der Waals surface area (Å²) in [6, 6.07) is 9.05. The number of hydrogen-bond donors (Lipinski definition) is 2. The number of rotatable bonds is 8. The van der Waals surface area contributed by atoms with Crippen LogP contribution >= 0.6 is 15.9 Å². The second-order valence-corrected chi connectivity index (χ2v) is 4.87. The highest BCUT2D eigenvalue weighted by Crippen LogP contribution is 2.04. The zero-order valence-electron chi connectivity index (χ0n) is 12.3. The summed E-state index contributed by atoms with van der Waals surface area (Å²) in [7, 11) is 0. The van der Waals surface area contributed by atoms with Crippen LogP contribution in [0.4, 0.5) is 5.69 Å². The van der Waals surface area contributed by atoms with E-state index in [-0.39, 0.29) is 25.0 Å². The third kappa shape index (κ3) is 7.64. The highest BCUT2D eigenvalue weighted by molar-refractivity contribution is 9.09. The van der Waals surface area contributed by atoms with Gasteiger partial charge in [-0.25, -0.2) is 0 Å². The van der Waals surface area contributed by atoms with Crippen molar-refractivity contribution in [3.63, 3.8) is 0 Å². The molecule has 0 saturated carbocycles. The van der Waals surface area contributed by atoms with E-state index >= 15 is 0 Å². The number of alkyl halides is 1. The van der Waals surface area contributed by atoms with Crippen molar-refractivity contribution < 1.29 is 14.3 Å². The van der Waals surface area contributed by atoms with Crippen molar-refractivity contribution in [3.8, 4) is 0 Å². The third-order valence-corrected chi connectivity index (χ3v) is 2.90. The van der Waals surface area contributed by atoms with Gasteiger partial charge in [-0.2, -0.15) is 0 Å². The second-order valence-electron chi connectivity index (χ2n) is 4.23. The fourth-order valence-electron chi connectivity index (χ4n) is 1.49. The van der Waals surface area contributed by atoms with E-state index in [1.54, 1.807) is 24.3 Å². The van der Waals surface area contributed by atoms with Crippen LogP contribution in [0.1, 0.15) is 6.92 Å². The number of anilines is 1. The fourth-order valence-corrected chi connectivity index (χ4v) is 1.68. The number of ether oxygens (including phenoxy) is 1. The van der Waals surface area contributed by atoms with E-state index in [2.05, 4.69) is 26.6 Å². The largest absolute Gasteiger partial charge is 0.484 e. The summed E-state index contributed by atoms with van der Waals surface area (Å²) in [5.41, 5.74) is 0.689. The van der Waals surface area contributed by atoms with Crippen LogP contribution in [-0.4, -0.2) is 30.3 Å². The molecule has 5 nitrogen and oxygen atoms in total. The predicted molar refractivity (Wildman–Crippen MR) is 90.7 cm³/mol. The Morgan fingerprint density at radius 3 is 2.59 bits per heavy atom. The van der Waals surface area contributed by atoms with Gasteiger partial charge in [0.05, 0.1) is 6.54 Å². The van der Waals surface area contributed by atoms with E-state index < -0.39 is 0 Å². The number of para-hydroxylation sites is 1. The van der Waals surface area contributed by atoms with Gasteiger partial charge in [-0.3, -0.25) is 9.59 Å². The minimum absolute atomic E-state index is 0.0977. The zero-order chi connectivity index (χ0) is 16.2. The van der Waals surface area contributed by atoms with Gasteiger partial charge in [-0.05, 0) is 31.2 Å². The van der Waals surface area contributed by atoms with E-state index in [4.69, 9.17) is 4.74 Å². The Morgan fingerprint density at radius 2 is 1.95 bits per heavy atom. The smallest absolute Gasteiger partial charge is 0.258 e.